The van der Waals surface area contributed by atoms with Crippen LogP contribution in [0.1, 0.15) is 63.9 Å². The zero-order chi connectivity index (χ0) is 16.9. The smallest absolute Gasteiger partial charge is 0.248 e. The van der Waals surface area contributed by atoms with Crippen molar-refractivity contribution in [2.75, 3.05) is 6.54 Å². The molecule has 5 heteroatoms. The number of ether oxygens (including phenoxy) is 1. The highest BCUT2D eigenvalue weighted by atomic mass is 16.5. The van der Waals surface area contributed by atoms with Crippen molar-refractivity contribution in [2.24, 2.45) is 5.92 Å². The number of nitrogens with one attached hydrogen (secondary N) is 1. The summed E-state index contributed by atoms with van der Waals surface area (Å²) < 4.78 is 8.22. The largest absolute Gasteiger partial charge is 0.365 e. The standard InChI is InChI=1S/C19H31N3O2/c1-14-6-5-7-17(12-14)24-15(2)19(23)20-10-9-16-13-22-11-4-3-8-18(22)21-16/h13-15,17H,3-12H2,1-2H3,(H,20,23)/t14-,15+,17-/m1/s1. The number of aryl methyl sites for hydroxylation is 2. The highest BCUT2D eigenvalue weighted by Gasteiger charge is 2.24. The molecule has 134 valence electrons. The van der Waals surface area contributed by atoms with Crippen molar-refractivity contribution < 1.29 is 9.53 Å². The van der Waals surface area contributed by atoms with Crippen LogP contribution in [-0.4, -0.2) is 34.2 Å². The van der Waals surface area contributed by atoms with Gasteiger partial charge in [-0.15, -0.1) is 0 Å². The third-order valence-electron chi connectivity index (χ3n) is 5.29. The van der Waals surface area contributed by atoms with Crippen LogP contribution in [-0.2, 0) is 28.9 Å². The first kappa shape index (κ1) is 17.5. The first-order chi connectivity index (χ1) is 11.6. The summed E-state index contributed by atoms with van der Waals surface area (Å²) in [5.74, 6) is 1.91. The van der Waals surface area contributed by atoms with Crippen molar-refractivity contribution in [2.45, 2.75) is 84.0 Å². The fraction of sp³-hybridized carbons (Fsp3) is 0.789. The van der Waals surface area contributed by atoms with Gasteiger partial charge in [0.05, 0.1) is 11.8 Å². The first-order valence-electron chi connectivity index (χ1n) is 9.60. The van der Waals surface area contributed by atoms with Crippen molar-refractivity contribution in [1.29, 1.82) is 0 Å². The normalized spacial score (nSPS) is 25.1. The molecule has 0 unspecified atom stereocenters. The summed E-state index contributed by atoms with van der Waals surface area (Å²) in [5, 5.41) is 3.00. The van der Waals surface area contributed by atoms with Crippen molar-refractivity contribution in [3.8, 4) is 0 Å². The molecule has 1 fully saturated rings. The quantitative estimate of drug-likeness (QED) is 0.871. The maximum absolute atomic E-state index is 12.2. The summed E-state index contributed by atoms with van der Waals surface area (Å²) in [6, 6.07) is 0. The van der Waals surface area contributed by atoms with Crippen molar-refractivity contribution >= 4 is 5.91 Å². The number of rotatable bonds is 6. The number of nitrogens with zero attached hydrogens (tertiary/aromatic N) is 2. The molecule has 1 amide bonds. The fourth-order valence-corrected chi connectivity index (χ4v) is 3.90. The van der Waals surface area contributed by atoms with E-state index in [4.69, 9.17) is 4.74 Å². The van der Waals surface area contributed by atoms with E-state index in [-0.39, 0.29) is 18.1 Å². The minimum atomic E-state index is -0.365. The second-order valence-electron chi connectivity index (χ2n) is 7.51. The lowest BCUT2D eigenvalue weighted by Gasteiger charge is -2.28. The van der Waals surface area contributed by atoms with Gasteiger partial charge in [0.1, 0.15) is 11.9 Å². The summed E-state index contributed by atoms with van der Waals surface area (Å²) >= 11 is 0. The van der Waals surface area contributed by atoms with E-state index in [2.05, 4.69) is 28.0 Å². The van der Waals surface area contributed by atoms with E-state index in [1.54, 1.807) is 0 Å². The van der Waals surface area contributed by atoms with Crippen LogP contribution in [0.25, 0.3) is 0 Å². The summed E-state index contributed by atoms with van der Waals surface area (Å²) in [5.41, 5.74) is 1.09. The molecule has 3 rings (SSSR count). The predicted molar refractivity (Wildman–Crippen MR) is 93.8 cm³/mol. The van der Waals surface area contributed by atoms with E-state index in [1.165, 1.54) is 31.5 Å². The molecule has 2 heterocycles. The zero-order valence-corrected chi connectivity index (χ0v) is 15.1. The molecule has 0 radical (unpaired) electrons. The van der Waals surface area contributed by atoms with Gasteiger partial charge in [0.25, 0.3) is 0 Å². The number of amides is 1. The lowest BCUT2D eigenvalue weighted by Crippen LogP contribution is -2.38. The van der Waals surface area contributed by atoms with Crippen molar-refractivity contribution in [3.05, 3.63) is 17.7 Å². The van der Waals surface area contributed by atoms with Crippen LogP contribution in [0.15, 0.2) is 6.20 Å². The number of imidazole rings is 1. The maximum Gasteiger partial charge on any atom is 0.248 e. The molecule has 1 N–H and O–H groups in total. The first-order valence-corrected chi connectivity index (χ1v) is 9.60. The van der Waals surface area contributed by atoms with E-state index in [0.29, 0.717) is 12.5 Å². The van der Waals surface area contributed by atoms with E-state index in [0.717, 1.165) is 37.9 Å². The van der Waals surface area contributed by atoms with Gasteiger partial charge in [-0.25, -0.2) is 4.98 Å². The molecule has 1 aliphatic carbocycles. The van der Waals surface area contributed by atoms with Gasteiger partial charge >= 0.3 is 0 Å². The van der Waals surface area contributed by atoms with E-state index >= 15 is 0 Å². The Hall–Kier alpha value is -1.36. The molecule has 0 aromatic carbocycles. The van der Waals surface area contributed by atoms with Gasteiger partial charge in [-0.3, -0.25) is 4.79 Å². The van der Waals surface area contributed by atoms with Crippen LogP contribution in [0, 0.1) is 5.92 Å². The molecule has 1 saturated carbocycles. The average molecular weight is 333 g/mol. The van der Waals surface area contributed by atoms with Gasteiger partial charge in [-0.1, -0.05) is 19.8 Å². The number of carbonyl (C=O) groups excluding carboxylic acids is 1. The van der Waals surface area contributed by atoms with Crippen molar-refractivity contribution in [1.82, 2.24) is 14.9 Å². The Morgan fingerprint density at radius 1 is 1.42 bits per heavy atom. The molecule has 0 bridgehead atoms. The molecule has 24 heavy (non-hydrogen) atoms. The molecule has 3 atom stereocenters. The number of carbonyl (C=O) groups is 1. The minimum Gasteiger partial charge on any atom is -0.365 e. The van der Waals surface area contributed by atoms with Gasteiger partial charge in [-0.05, 0) is 38.5 Å². The van der Waals surface area contributed by atoms with Crippen LogP contribution in [0.3, 0.4) is 0 Å². The Morgan fingerprint density at radius 3 is 3.08 bits per heavy atom. The molecular weight excluding hydrogens is 302 g/mol. The lowest BCUT2D eigenvalue weighted by atomic mass is 9.88. The Kier molecular flexibility index (Phi) is 5.93. The van der Waals surface area contributed by atoms with Gasteiger partial charge in [0.2, 0.25) is 5.91 Å². The molecule has 1 aromatic heterocycles. The highest BCUT2D eigenvalue weighted by molar-refractivity contribution is 5.80. The van der Waals surface area contributed by atoms with Crippen LogP contribution in [0.4, 0.5) is 0 Å². The van der Waals surface area contributed by atoms with Crippen LogP contribution in [0.2, 0.25) is 0 Å². The summed E-state index contributed by atoms with van der Waals surface area (Å²) in [6.07, 6.45) is 11.0. The van der Waals surface area contributed by atoms with Gasteiger partial charge in [0, 0.05) is 32.1 Å². The molecule has 0 saturated heterocycles. The third kappa shape index (κ3) is 4.59. The number of hydrogen-bond acceptors (Lipinski definition) is 3. The molecule has 0 spiro atoms. The minimum absolute atomic E-state index is 0.00259. The molecule has 1 aliphatic heterocycles. The van der Waals surface area contributed by atoms with E-state index < -0.39 is 0 Å². The molecule has 2 aliphatic rings. The Morgan fingerprint density at radius 2 is 2.29 bits per heavy atom. The summed E-state index contributed by atoms with van der Waals surface area (Å²) in [7, 11) is 0. The number of hydrogen-bond donors (Lipinski definition) is 1. The van der Waals surface area contributed by atoms with Gasteiger partial charge < -0.3 is 14.6 Å². The second kappa shape index (κ2) is 8.15. The van der Waals surface area contributed by atoms with Crippen LogP contribution >= 0.6 is 0 Å². The van der Waals surface area contributed by atoms with Gasteiger partial charge in [0.15, 0.2) is 0 Å². The zero-order valence-electron chi connectivity index (χ0n) is 15.1. The SMILES string of the molecule is C[C@@H]1CCC[C@@H](O[C@@H](C)C(=O)NCCc2cn3c(n2)CCCC3)C1. The Labute approximate surface area is 145 Å². The topological polar surface area (TPSA) is 56.1 Å². The Balaban J connectivity index is 1.39. The summed E-state index contributed by atoms with van der Waals surface area (Å²) in [4.78, 5) is 16.9. The molecule has 5 nitrogen and oxygen atoms in total. The highest BCUT2D eigenvalue weighted by Crippen LogP contribution is 2.26. The van der Waals surface area contributed by atoms with E-state index in [9.17, 15) is 4.79 Å². The van der Waals surface area contributed by atoms with Crippen molar-refractivity contribution in [3.63, 3.8) is 0 Å². The maximum atomic E-state index is 12.2. The number of aromatic nitrogens is 2. The van der Waals surface area contributed by atoms with E-state index in [1.807, 2.05) is 6.92 Å². The summed E-state index contributed by atoms with van der Waals surface area (Å²) in [6.45, 7) is 5.85. The lowest BCUT2D eigenvalue weighted by molar-refractivity contribution is -0.137. The molecule has 1 aromatic rings. The second-order valence-corrected chi connectivity index (χ2v) is 7.51. The Bertz CT molecular complexity index is 531. The molecular formula is C19H31N3O2. The van der Waals surface area contributed by atoms with Crippen LogP contribution < -0.4 is 5.32 Å². The third-order valence-corrected chi connectivity index (χ3v) is 5.29. The van der Waals surface area contributed by atoms with Gasteiger partial charge in [-0.2, -0.15) is 0 Å². The van der Waals surface area contributed by atoms with Crippen LogP contribution in [0.5, 0.6) is 0 Å². The monoisotopic (exact) mass is 333 g/mol. The fourth-order valence-electron chi connectivity index (χ4n) is 3.90. The predicted octanol–water partition coefficient (Wildman–Crippen LogP) is 2.86. The number of fused-ring (bicyclic) bond motifs is 1. The average Bonchev–Trinajstić information content (AvgIpc) is 2.97.